The quantitative estimate of drug-likeness (QED) is 0.367. The van der Waals surface area contributed by atoms with Crippen molar-refractivity contribution in [3.63, 3.8) is 0 Å². The largest absolute Gasteiger partial charge is 0.381 e. The minimum absolute atomic E-state index is 0.298. The topological polar surface area (TPSA) is 9.23 Å². The van der Waals surface area contributed by atoms with Gasteiger partial charge in [0.05, 0.1) is 0 Å². The third-order valence-corrected chi connectivity index (χ3v) is 3.87. The maximum Gasteiger partial charge on any atom is 0.0474 e. The fourth-order valence-corrected chi connectivity index (χ4v) is 2.35. The summed E-state index contributed by atoms with van der Waals surface area (Å²) in [4.78, 5) is 0. The lowest BCUT2D eigenvalue weighted by Crippen LogP contribution is -2.01. The first-order valence-corrected chi connectivity index (χ1v) is 9.15. The van der Waals surface area contributed by atoms with Gasteiger partial charge in [0.1, 0.15) is 0 Å². The third kappa shape index (κ3) is 10.7. The second-order valence-corrected chi connectivity index (χ2v) is 7.70. The second-order valence-electron chi connectivity index (χ2n) is 3.54. The molecule has 0 amide bonds. The Kier molecular flexibility index (Phi) is 10.3. The third-order valence-electron chi connectivity index (χ3n) is 1.74. The van der Waals surface area contributed by atoms with Gasteiger partial charge in [-0.05, 0) is 12.8 Å². The molecule has 0 aliphatic rings. The normalized spacial score (nSPS) is 11.0. The van der Waals surface area contributed by atoms with Gasteiger partial charge >= 0.3 is 0 Å². The summed E-state index contributed by atoms with van der Waals surface area (Å²) in [5.74, 6) is 0. The van der Waals surface area contributed by atoms with Crippen LogP contribution in [0.5, 0.6) is 0 Å². The molecule has 0 aromatic carbocycles. The lowest BCUT2D eigenvalue weighted by atomic mass is 10.3. The summed E-state index contributed by atoms with van der Waals surface area (Å²) in [7, 11) is -0.298. The van der Waals surface area contributed by atoms with E-state index in [-0.39, 0.29) is 8.80 Å². The average molecular weight is 253 g/mol. The minimum Gasteiger partial charge on any atom is -0.381 e. The molecule has 12 heavy (non-hydrogen) atoms. The molecule has 0 aromatic heterocycles. The van der Waals surface area contributed by atoms with Gasteiger partial charge in [0, 0.05) is 27.3 Å². The Hall–Kier alpha value is 0.657. The van der Waals surface area contributed by atoms with Crippen molar-refractivity contribution in [2.24, 2.45) is 0 Å². The monoisotopic (exact) mass is 252 g/mol. The van der Waals surface area contributed by atoms with E-state index in [1.807, 2.05) is 0 Å². The standard InChI is InChI=1S/C9H21BrOSi/c1-12(2)9-4-3-7-11-8-5-6-10/h12H,3-9H2,1-2H3. The number of halogens is 1. The fraction of sp³-hybridized carbons (Fsp3) is 1.00. The number of hydrogen-bond donors (Lipinski definition) is 0. The van der Waals surface area contributed by atoms with E-state index >= 15 is 0 Å². The van der Waals surface area contributed by atoms with Crippen molar-refractivity contribution < 1.29 is 4.74 Å². The van der Waals surface area contributed by atoms with Crippen molar-refractivity contribution in [1.29, 1.82) is 0 Å². The van der Waals surface area contributed by atoms with Crippen LogP contribution in [0.25, 0.3) is 0 Å². The minimum atomic E-state index is -0.298. The van der Waals surface area contributed by atoms with Crippen LogP contribution in [0.3, 0.4) is 0 Å². The van der Waals surface area contributed by atoms with Crippen LogP contribution in [0.2, 0.25) is 19.1 Å². The van der Waals surface area contributed by atoms with Crippen molar-refractivity contribution in [3.8, 4) is 0 Å². The first-order valence-electron chi connectivity index (χ1n) is 4.91. The van der Waals surface area contributed by atoms with Gasteiger partial charge in [0.25, 0.3) is 0 Å². The Balaban J connectivity index is 2.82. The molecule has 0 fully saturated rings. The zero-order valence-corrected chi connectivity index (χ0v) is 11.1. The van der Waals surface area contributed by atoms with E-state index in [0.29, 0.717) is 0 Å². The van der Waals surface area contributed by atoms with Crippen LogP contribution in [-0.4, -0.2) is 27.3 Å². The summed E-state index contributed by atoms with van der Waals surface area (Å²) in [5.41, 5.74) is 0. The molecular formula is C9H21BrOSi. The highest BCUT2D eigenvalue weighted by atomic mass is 79.9. The Morgan fingerprint density at radius 2 is 1.75 bits per heavy atom. The molecule has 0 saturated carbocycles. The fourth-order valence-electron chi connectivity index (χ4n) is 1.02. The van der Waals surface area contributed by atoms with Gasteiger partial charge in [-0.1, -0.05) is 41.5 Å². The van der Waals surface area contributed by atoms with Crippen molar-refractivity contribution in [3.05, 3.63) is 0 Å². The van der Waals surface area contributed by atoms with Crippen LogP contribution in [0.15, 0.2) is 0 Å². The maximum atomic E-state index is 5.44. The van der Waals surface area contributed by atoms with Gasteiger partial charge in [-0.3, -0.25) is 0 Å². The molecule has 0 aliphatic heterocycles. The summed E-state index contributed by atoms with van der Waals surface area (Å²) in [5, 5.41) is 1.06. The predicted molar refractivity (Wildman–Crippen MR) is 62.1 cm³/mol. The highest BCUT2D eigenvalue weighted by Crippen LogP contribution is 2.01. The van der Waals surface area contributed by atoms with E-state index in [1.54, 1.807) is 0 Å². The van der Waals surface area contributed by atoms with E-state index in [0.717, 1.165) is 25.0 Å². The SMILES string of the molecule is C[SiH](C)CCCCOCCCBr. The zero-order valence-electron chi connectivity index (χ0n) is 8.31. The summed E-state index contributed by atoms with van der Waals surface area (Å²) in [6.45, 7) is 6.70. The van der Waals surface area contributed by atoms with Crippen LogP contribution < -0.4 is 0 Å². The van der Waals surface area contributed by atoms with Gasteiger partial charge in [-0.25, -0.2) is 0 Å². The van der Waals surface area contributed by atoms with Gasteiger partial charge in [-0.15, -0.1) is 0 Å². The van der Waals surface area contributed by atoms with Gasteiger partial charge in [-0.2, -0.15) is 0 Å². The molecule has 0 spiro atoms. The molecule has 74 valence electrons. The summed E-state index contributed by atoms with van der Waals surface area (Å²) in [6, 6.07) is 1.47. The lowest BCUT2D eigenvalue weighted by Gasteiger charge is -2.04. The van der Waals surface area contributed by atoms with Crippen molar-refractivity contribution in [2.75, 3.05) is 18.5 Å². The number of hydrogen-bond acceptors (Lipinski definition) is 1. The molecule has 0 rings (SSSR count). The molecule has 0 N–H and O–H groups in total. The van der Waals surface area contributed by atoms with Crippen molar-refractivity contribution in [1.82, 2.24) is 0 Å². The number of ether oxygens (including phenoxy) is 1. The first kappa shape index (κ1) is 12.7. The smallest absolute Gasteiger partial charge is 0.0474 e. The van der Waals surface area contributed by atoms with E-state index < -0.39 is 0 Å². The zero-order chi connectivity index (χ0) is 9.23. The average Bonchev–Trinajstić information content (AvgIpc) is 2.02. The van der Waals surface area contributed by atoms with E-state index in [1.165, 1.54) is 18.9 Å². The first-order chi connectivity index (χ1) is 5.77. The van der Waals surface area contributed by atoms with Gasteiger partial charge in [0.2, 0.25) is 0 Å². The van der Waals surface area contributed by atoms with E-state index in [9.17, 15) is 0 Å². The Bertz CT molecular complexity index is 88.6. The molecule has 0 saturated heterocycles. The van der Waals surface area contributed by atoms with E-state index in [2.05, 4.69) is 29.0 Å². The van der Waals surface area contributed by atoms with Crippen molar-refractivity contribution in [2.45, 2.75) is 38.4 Å². The van der Waals surface area contributed by atoms with Crippen molar-refractivity contribution >= 4 is 24.7 Å². The number of alkyl halides is 1. The van der Waals surface area contributed by atoms with Gasteiger partial charge < -0.3 is 4.74 Å². The predicted octanol–water partition coefficient (Wildman–Crippen LogP) is 3.05. The highest BCUT2D eigenvalue weighted by molar-refractivity contribution is 9.09. The summed E-state index contributed by atoms with van der Waals surface area (Å²) < 4.78 is 5.44. The van der Waals surface area contributed by atoms with Crippen LogP contribution in [0, 0.1) is 0 Å². The summed E-state index contributed by atoms with van der Waals surface area (Å²) >= 11 is 3.38. The molecule has 0 heterocycles. The lowest BCUT2D eigenvalue weighted by molar-refractivity contribution is 0.133. The number of rotatable bonds is 8. The molecular weight excluding hydrogens is 232 g/mol. The van der Waals surface area contributed by atoms with Gasteiger partial charge in [0.15, 0.2) is 0 Å². The Morgan fingerprint density at radius 3 is 2.33 bits per heavy atom. The van der Waals surface area contributed by atoms with Crippen LogP contribution in [-0.2, 0) is 4.74 Å². The summed E-state index contributed by atoms with van der Waals surface area (Å²) in [6.07, 6.45) is 3.77. The molecule has 0 bridgehead atoms. The Morgan fingerprint density at radius 1 is 1.08 bits per heavy atom. The molecule has 0 unspecified atom stereocenters. The molecule has 0 aromatic rings. The molecule has 0 atom stereocenters. The molecule has 3 heteroatoms. The van der Waals surface area contributed by atoms with Crippen LogP contribution in [0.4, 0.5) is 0 Å². The highest BCUT2D eigenvalue weighted by Gasteiger charge is 1.95. The molecule has 0 aliphatic carbocycles. The molecule has 0 radical (unpaired) electrons. The van der Waals surface area contributed by atoms with Crippen LogP contribution in [0.1, 0.15) is 19.3 Å². The maximum absolute atomic E-state index is 5.44. The molecule has 1 nitrogen and oxygen atoms in total. The van der Waals surface area contributed by atoms with Crippen LogP contribution >= 0.6 is 15.9 Å². The second kappa shape index (κ2) is 9.74. The number of unbranched alkanes of at least 4 members (excludes halogenated alkanes) is 1. The van der Waals surface area contributed by atoms with E-state index in [4.69, 9.17) is 4.74 Å². The Labute approximate surface area is 86.6 Å².